The van der Waals surface area contributed by atoms with Gasteiger partial charge in [0.25, 0.3) is 0 Å². The van der Waals surface area contributed by atoms with Crippen LogP contribution in [-0.4, -0.2) is 22.8 Å². The second kappa shape index (κ2) is 6.97. The zero-order chi connectivity index (χ0) is 16.9. The molecular formula is C19H17N3O2. The average Bonchev–Trinajstić information content (AvgIpc) is 2.97. The van der Waals surface area contributed by atoms with Gasteiger partial charge >= 0.3 is 0 Å². The molecular weight excluding hydrogens is 302 g/mol. The molecule has 1 unspecified atom stereocenters. The second-order valence-electron chi connectivity index (χ2n) is 5.74. The van der Waals surface area contributed by atoms with Gasteiger partial charge in [0.1, 0.15) is 6.04 Å². The summed E-state index contributed by atoms with van der Waals surface area (Å²) in [5, 5.41) is 11.6. The Morgan fingerprint density at radius 3 is 2.54 bits per heavy atom. The Balaban J connectivity index is 1.70. The number of anilines is 1. The van der Waals surface area contributed by atoms with E-state index in [9.17, 15) is 9.59 Å². The number of benzene rings is 2. The Kier molecular flexibility index (Phi) is 4.57. The van der Waals surface area contributed by atoms with Gasteiger partial charge in [0.2, 0.25) is 11.8 Å². The molecule has 1 N–H and O–H groups in total. The minimum absolute atomic E-state index is 0.00108. The van der Waals surface area contributed by atoms with Gasteiger partial charge in [-0.1, -0.05) is 30.3 Å². The van der Waals surface area contributed by atoms with Gasteiger partial charge in [0.05, 0.1) is 11.6 Å². The molecule has 5 nitrogen and oxygen atoms in total. The lowest BCUT2D eigenvalue weighted by molar-refractivity contribution is -0.133. The van der Waals surface area contributed by atoms with E-state index in [1.165, 1.54) is 0 Å². The summed E-state index contributed by atoms with van der Waals surface area (Å²) in [6.07, 6.45) is 0.909. The zero-order valence-corrected chi connectivity index (χ0v) is 13.1. The molecule has 2 amide bonds. The molecule has 0 spiro atoms. The summed E-state index contributed by atoms with van der Waals surface area (Å²) in [6, 6.07) is 17.9. The third-order valence-corrected chi connectivity index (χ3v) is 4.11. The van der Waals surface area contributed by atoms with Gasteiger partial charge in [-0.05, 0) is 36.2 Å². The number of rotatable bonds is 4. The fraction of sp³-hybridized carbons (Fsp3) is 0.211. The SMILES string of the molecule is N#Cc1ccc(NC(=O)C2CCC(=O)N2Cc2ccccc2)cc1. The highest BCUT2D eigenvalue weighted by molar-refractivity contribution is 5.99. The molecule has 1 heterocycles. The van der Waals surface area contributed by atoms with Crippen LogP contribution in [-0.2, 0) is 16.1 Å². The van der Waals surface area contributed by atoms with Crippen LogP contribution in [0.1, 0.15) is 24.0 Å². The highest BCUT2D eigenvalue weighted by Gasteiger charge is 2.35. The quantitative estimate of drug-likeness (QED) is 0.941. The predicted molar refractivity (Wildman–Crippen MR) is 89.8 cm³/mol. The van der Waals surface area contributed by atoms with Crippen LogP contribution in [0.4, 0.5) is 5.69 Å². The Labute approximate surface area is 140 Å². The predicted octanol–water partition coefficient (Wildman–Crippen LogP) is 2.69. The monoisotopic (exact) mass is 319 g/mol. The molecule has 0 bridgehead atoms. The summed E-state index contributed by atoms with van der Waals surface area (Å²) >= 11 is 0. The van der Waals surface area contributed by atoms with E-state index in [1.54, 1.807) is 29.2 Å². The smallest absolute Gasteiger partial charge is 0.247 e. The van der Waals surface area contributed by atoms with Crippen LogP contribution >= 0.6 is 0 Å². The number of carbonyl (C=O) groups is 2. The molecule has 2 aromatic carbocycles. The normalized spacial score (nSPS) is 16.7. The van der Waals surface area contributed by atoms with Crippen LogP contribution in [0.25, 0.3) is 0 Å². The molecule has 1 atom stereocenters. The summed E-state index contributed by atoms with van der Waals surface area (Å²) < 4.78 is 0. The molecule has 120 valence electrons. The third kappa shape index (κ3) is 3.44. The van der Waals surface area contributed by atoms with Gasteiger partial charge in [-0.2, -0.15) is 5.26 Å². The first-order valence-corrected chi connectivity index (χ1v) is 7.82. The van der Waals surface area contributed by atoms with Crippen LogP contribution in [0.2, 0.25) is 0 Å². The summed E-state index contributed by atoms with van der Waals surface area (Å²) in [4.78, 5) is 26.3. The van der Waals surface area contributed by atoms with Crippen molar-refractivity contribution in [2.45, 2.75) is 25.4 Å². The minimum Gasteiger partial charge on any atom is -0.326 e. The summed E-state index contributed by atoms with van der Waals surface area (Å²) in [5.41, 5.74) is 2.16. The molecule has 5 heteroatoms. The van der Waals surface area contributed by atoms with Gasteiger partial charge < -0.3 is 10.2 Å². The van der Waals surface area contributed by atoms with E-state index in [0.717, 1.165) is 5.56 Å². The van der Waals surface area contributed by atoms with Gasteiger partial charge in [-0.3, -0.25) is 9.59 Å². The first-order chi connectivity index (χ1) is 11.7. The van der Waals surface area contributed by atoms with E-state index >= 15 is 0 Å². The zero-order valence-electron chi connectivity index (χ0n) is 13.1. The fourth-order valence-electron chi connectivity index (χ4n) is 2.84. The van der Waals surface area contributed by atoms with Crippen molar-refractivity contribution in [1.82, 2.24) is 4.90 Å². The van der Waals surface area contributed by atoms with Crippen molar-refractivity contribution in [3.05, 3.63) is 65.7 Å². The largest absolute Gasteiger partial charge is 0.326 e. The maximum atomic E-state index is 12.5. The molecule has 1 saturated heterocycles. The van der Waals surface area contributed by atoms with Gasteiger partial charge in [-0.15, -0.1) is 0 Å². The molecule has 1 fully saturated rings. The van der Waals surface area contributed by atoms with E-state index < -0.39 is 6.04 Å². The Hall–Kier alpha value is -3.13. The van der Waals surface area contributed by atoms with Crippen LogP contribution in [0.5, 0.6) is 0 Å². The summed E-state index contributed by atoms with van der Waals surface area (Å²) in [6.45, 7) is 0.436. The molecule has 0 radical (unpaired) electrons. The second-order valence-corrected chi connectivity index (χ2v) is 5.74. The minimum atomic E-state index is -0.464. The molecule has 2 aromatic rings. The number of nitrogens with zero attached hydrogens (tertiary/aromatic N) is 2. The fourth-order valence-corrected chi connectivity index (χ4v) is 2.84. The highest BCUT2D eigenvalue weighted by atomic mass is 16.2. The van der Waals surface area contributed by atoms with Gasteiger partial charge in [0.15, 0.2) is 0 Å². The van der Waals surface area contributed by atoms with Crippen molar-refractivity contribution in [3.63, 3.8) is 0 Å². The number of nitrogens with one attached hydrogen (secondary N) is 1. The van der Waals surface area contributed by atoms with E-state index in [2.05, 4.69) is 5.32 Å². The number of likely N-dealkylation sites (tertiary alicyclic amines) is 1. The molecule has 0 aliphatic carbocycles. The van der Waals surface area contributed by atoms with E-state index in [0.29, 0.717) is 30.6 Å². The first-order valence-electron chi connectivity index (χ1n) is 7.82. The number of nitriles is 1. The van der Waals surface area contributed by atoms with Crippen molar-refractivity contribution in [2.75, 3.05) is 5.32 Å². The Bertz CT molecular complexity index is 779. The number of amides is 2. The Morgan fingerprint density at radius 2 is 1.88 bits per heavy atom. The lowest BCUT2D eigenvalue weighted by Gasteiger charge is -2.24. The summed E-state index contributed by atoms with van der Waals surface area (Å²) in [7, 11) is 0. The number of hydrogen-bond donors (Lipinski definition) is 1. The summed E-state index contributed by atoms with van der Waals surface area (Å²) in [5.74, 6) is -0.194. The molecule has 1 aliphatic rings. The van der Waals surface area contributed by atoms with Crippen molar-refractivity contribution in [3.8, 4) is 6.07 Å². The standard InChI is InChI=1S/C19H17N3O2/c20-12-14-6-8-16(9-7-14)21-19(24)17-10-11-18(23)22(17)13-15-4-2-1-3-5-15/h1-9,17H,10-11,13H2,(H,21,24). The van der Waals surface area contributed by atoms with E-state index in [-0.39, 0.29) is 11.8 Å². The molecule has 3 rings (SSSR count). The maximum absolute atomic E-state index is 12.5. The maximum Gasteiger partial charge on any atom is 0.247 e. The van der Waals surface area contributed by atoms with Crippen molar-refractivity contribution >= 4 is 17.5 Å². The molecule has 0 saturated carbocycles. The molecule has 1 aliphatic heterocycles. The van der Waals surface area contributed by atoms with Crippen LogP contribution in [0.3, 0.4) is 0 Å². The van der Waals surface area contributed by atoms with E-state index in [4.69, 9.17) is 5.26 Å². The average molecular weight is 319 g/mol. The van der Waals surface area contributed by atoms with Crippen molar-refractivity contribution < 1.29 is 9.59 Å². The third-order valence-electron chi connectivity index (χ3n) is 4.11. The lowest BCUT2D eigenvalue weighted by Crippen LogP contribution is -2.41. The van der Waals surface area contributed by atoms with Crippen molar-refractivity contribution in [1.29, 1.82) is 5.26 Å². The van der Waals surface area contributed by atoms with Gasteiger partial charge in [0, 0.05) is 18.7 Å². The highest BCUT2D eigenvalue weighted by Crippen LogP contribution is 2.23. The molecule has 0 aromatic heterocycles. The van der Waals surface area contributed by atoms with Crippen LogP contribution < -0.4 is 5.32 Å². The topological polar surface area (TPSA) is 73.2 Å². The van der Waals surface area contributed by atoms with Crippen molar-refractivity contribution in [2.24, 2.45) is 0 Å². The lowest BCUT2D eigenvalue weighted by atomic mass is 10.1. The van der Waals surface area contributed by atoms with E-state index in [1.807, 2.05) is 36.4 Å². The van der Waals surface area contributed by atoms with Crippen LogP contribution in [0, 0.1) is 11.3 Å². The number of hydrogen-bond acceptors (Lipinski definition) is 3. The molecule has 24 heavy (non-hydrogen) atoms. The Morgan fingerprint density at radius 1 is 1.17 bits per heavy atom. The first kappa shape index (κ1) is 15.8. The van der Waals surface area contributed by atoms with Gasteiger partial charge in [-0.25, -0.2) is 0 Å². The number of carbonyl (C=O) groups excluding carboxylic acids is 2. The van der Waals surface area contributed by atoms with Crippen LogP contribution in [0.15, 0.2) is 54.6 Å².